The number of hydrogen-bond acceptors (Lipinski definition) is 3. The van der Waals surface area contributed by atoms with Crippen LogP contribution in [-0.2, 0) is 12.6 Å². The van der Waals surface area contributed by atoms with E-state index in [4.69, 9.17) is 0 Å². The average Bonchev–Trinajstić information content (AvgIpc) is 2.74. The Bertz CT molecular complexity index is 1040. The Labute approximate surface area is 186 Å². The SMILES string of the molecule is C[C@H]1C=CC=CC1c1ncc(NC(=O)c2ccc(C(F)(F)F)cc2)c(CCCC(F)(F)F)n1. The van der Waals surface area contributed by atoms with Crippen molar-refractivity contribution < 1.29 is 31.1 Å². The molecule has 33 heavy (non-hydrogen) atoms. The molecule has 2 aromatic rings. The van der Waals surface area contributed by atoms with Crippen molar-refractivity contribution in [2.75, 3.05) is 5.32 Å². The molecule has 1 aliphatic carbocycles. The van der Waals surface area contributed by atoms with Crippen LogP contribution < -0.4 is 5.32 Å². The lowest BCUT2D eigenvalue weighted by Crippen LogP contribution is -2.18. The quantitative estimate of drug-likeness (QED) is 0.493. The summed E-state index contributed by atoms with van der Waals surface area (Å²) in [5, 5.41) is 2.52. The van der Waals surface area contributed by atoms with Gasteiger partial charge in [0.25, 0.3) is 5.91 Å². The molecule has 1 N–H and O–H groups in total. The summed E-state index contributed by atoms with van der Waals surface area (Å²) in [5.41, 5.74) is -0.584. The molecule has 0 bridgehead atoms. The minimum absolute atomic E-state index is 0.0395. The van der Waals surface area contributed by atoms with E-state index in [0.717, 1.165) is 24.3 Å². The fourth-order valence-electron chi connectivity index (χ4n) is 3.39. The first kappa shape index (κ1) is 24.5. The third kappa shape index (κ3) is 6.66. The molecule has 176 valence electrons. The Balaban J connectivity index is 1.83. The molecule has 10 heteroatoms. The van der Waals surface area contributed by atoms with Crippen LogP contribution in [0.3, 0.4) is 0 Å². The third-order valence-electron chi connectivity index (χ3n) is 5.19. The summed E-state index contributed by atoms with van der Waals surface area (Å²) in [6, 6.07) is 3.61. The predicted molar refractivity (Wildman–Crippen MR) is 111 cm³/mol. The standard InChI is InChI=1S/C23H21F6N3O/c1-14-5-2-3-6-17(14)20-30-13-19(18(31-20)7-4-12-22(24,25)26)32-21(33)15-8-10-16(11-9-15)23(27,28)29/h2-3,5-6,8-11,13-14,17H,4,7,12H2,1H3,(H,32,33)/t14-,17?/m0/s1. The second-order valence-electron chi connectivity index (χ2n) is 7.74. The minimum atomic E-state index is -4.54. The molecule has 0 fully saturated rings. The molecule has 1 amide bonds. The smallest absolute Gasteiger partial charge is 0.319 e. The van der Waals surface area contributed by atoms with Crippen LogP contribution in [0, 0.1) is 5.92 Å². The number of anilines is 1. The van der Waals surface area contributed by atoms with E-state index in [9.17, 15) is 31.1 Å². The number of carbonyl (C=O) groups excluding carboxylic acids is 1. The molecular formula is C23H21F6N3O. The molecule has 0 radical (unpaired) electrons. The number of halogens is 6. The Kier molecular flexibility index (Phi) is 7.24. The van der Waals surface area contributed by atoms with Crippen molar-refractivity contribution in [2.24, 2.45) is 5.92 Å². The van der Waals surface area contributed by atoms with Gasteiger partial charge in [-0.25, -0.2) is 9.97 Å². The van der Waals surface area contributed by atoms with Gasteiger partial charge in [-0.05, 0) is 43.0 Å². The maximum Gasteiger partial charge on any atom is 0.416 e. The van der Waals surface area contributed by atoms with Gasteiger partial charge in [0, 0.05) is 17.9 Å². The molecule has 4 nitrogen and oxygen atoms in total. The van der Waals surface area contributed by atoms with Crippen LogP contribution in [0.5, 0.6) is 0 Å². The normalized spacial score (nSPS) is 18.4. The summed E-state index contributed by atoms with van der Waals surface area (Å²) >= 11 is 0. The molecule has 1 aliphatic rings. The van der Waals surface area contributed by atoms with Gasteiger partial charge >= 0.3 is 12.4 Å². The van der Waals surface area contributed by atoms with Crippen molar-refractivity contribution in [3.63, 3.8) is 0 Å². The van der Waals surface area contributed by atoms with Crippen molar-refractivity contribution in [1.82, 2.24) is 9.97 Å². The highest BCUT2D eigenvalue weighted by Crippen LogP contribution is 2.31. The topological polar surface area (TPSA) is 54.9 Å². The van der Waals surface area contributed by atoms with Crippen LogP contribution in [0.15, 0.2) is 54.8 Å². The Morgan fingerprint density at radius 3 is 2.30 bits per heavy atom. The molecule has 0 spiro atoms. The first-order chi connectivity index (χ1) is 15.4. The highest BCUT2D eigenvalue weighted by molar-refractivity contribution is 6.04. The van der Waals surface area contributed by atoms with Crippen LogP contribution in [0.2, 0.25) is 0 Å². The van der Waals surface area contributed by atoms with E-state index < -0.39 is 30.2 Å². The van der Waals surface area contributed by atoms with Crippen LogP contribution in [0.25, 0.3) is 0 Å². The second kappa shape index (κ2) is 9.76. The zero-order chi connectivity index (χ0) is 24.2. The number of hydrogen-bond donors (Lipinski definition) is 1. The molecule has 0 aliphatic heterocycles. The molecule has 0 saturated heterocycles. The van der Waals surface area contributed by atoms with Gasteiger partial charge in [0.1, 0.15) is 5.82 Å². The van der Waals surface area contributed by atoms with Crippen molar-refractivity contribution in [2.45, 2.75) is 44.5 Å². The van der Waals surface area contributed by atoms with E-state index >= 15 is 0 Å². The molecule has 0 saturated carbocycles. The van der Waals surface area contributed by atoms with Crippen LogP contribution in [0.1, 0.15) is 53.1 Å². The molecule has 1 heterocycles. The number of nitrogens with one attached hydrogen (secondary N) is 1. The largest absolute Gasteiger partial charge is 0.416 e. The molecular weight excluding hydrogens is 448 g/mol. The number of benzene rings is 1. The summed E-state index contributed by atoms with van der Waals surface area (Å²) in [7, 11) is 0. The molecule has 1 aromatic carbocycles. The van der Waals surface area contributed by atoms with Gasteiger partial charge in [0.15, 0.2) is 0 Å². The fourth-order valence-corrected chi connectivity index (χ4v) is 3.39. The van der Waals surface area contributed by atoms with Gasteiger partial charge in [-0.1, -0.05) is 31.2 Å². The van der Waals surface area contributed by atoms with Crippen molar-refractivity contribution in [3.05, 3.63) is 77.4 Å². The first-order valence-electron chi connectivity index (χ1n) is 10.2. The average molecular weight is 469 g/mol. The van der Waals surface area contributed by atoms with Crippen molar-refractivity contribution in [1.29, 1.82) is 0 Å². The molecule has 2 atom stereocenters. The Morgan fingerprint density at radius 1 is 1.03 bits per heavy atom. The summed E-state index contributed by atoms with van der Waals surface area (Å²) < 4.78 is 76.1. The molecule has 1 aromatic heterocycles. The van der Waals surface area contributed by atoms with E-state index in [1.807, 2.05) is 31.2 Å². The first-order valence-corrected chi connectivity index (χ1v) is 10.2. The monoisotopic (exact) mass is 469 g/mol. The van der Waals surface area contributed by atoms with Crippen molar-refractivity contribution >= 4 is 11.6 Å². The zero-order valence-corrected chi connectivity index (χ0v) is 17.5. The fraction of sp³-hybridized carbons (Fsp3) is 0.348. The van der Waals surface area contributed by atoms with Gasteiger partial charge in [-0.3, -0.25) is 4.79 Å². The van der Waals surface area contributed by atoms with E-state index in [1.165, 1.54) is 6.20 Å². The molecule has 3 rings (SSSR count). The van der Waals surface area contributed by atoms with Gasteiger partial charge in [-0.15, -0.1) is 0 Å². The van der Waals surface area contributed by atoms with Gasteiger partial charge < -0.3 is 5.32 Å². The van der Waals surface area contributed by atoms with Gasteiger partial charge in [-0.2, -0.15) is 26.3 Å². The van der Waals surface area contributed by atoms with E-state index in [0.29, 0.717) is 5.82 Å². The Hall–Kier alpha value is -3.17. The number of alkyl halides is 6. The lowest BCUT2D eigenvalue weighted by Gasteiger charge is -2.20. The predicted octanol–water partition coefficient (Wildman–Crippen LogP) is 6.48. The number of rotatable bonds is 6. The number of aromatic nitrogens is 2. The highest BCUT2D eigenvalue weighted by atomic mass is 19.4. The van der Waals surface area contributed by atoms with Crippen LogP contribution >= 0.6 is 0 Å². The number of nitrogens with zero attached hydrogens (tertiary/aromatic N) is 2. The minimum Gasteiger partial charge on any atom is -0.319 e. The van der Waals surface area contributed by atoms with Gasteiger partial charge in [0.2, 0.25) is 0 Å². The summed E-state index contributed by atoms with van der Waals surface area (Å²) in [5.74, 6) is -0.398. The van der Waals surface area contributed by atoms with Crippen molar-refractivity contribution in [3.8, 4) is 0 Å². The van der Waals surface area contributed by atoms with Crippen LogP contribution in [-0.4, -0.2) is 22.1 Å². The number of allylic oxidation sites excluding steroid dienone is 4. The number of aryl methyl sites for hydroxylation is 1. The summed E-state index contributed by atoms with van der Waals surface area (Å²) in [6.45, 7) is 1.96. The number of carbonyl (C=O) groups is 1. The maximum absolute atomic E-state index is 12.7. The van der Waals surface area contributed by atoms with E-state index in [1.54, 1.807) is 0 Å². The Morgan fingerprint density at radius 2 is 1.70 bits per heavy atom. The highest BCUT2D eigenvalue weighted by Gasteiger charge is 2.30. The van der Waals surface area contributed by atoms with E-state index in [2.05, 4.69) is 15.3 Å². The molecule has 1 unspecified atom stereocenters. The van der Waals surface area contributed by atoms with Gasteiger partial charge in [0.05, 0.1) is 23.1 Å². The van der Waals surface area contributed by atoms with Crippen LogP contribution in [0.4, 0.5) is 32.0 Å². The summed E-state index contributed by atoms with van der Waals surface area (Å²) in [6.07, 6.45) is -1.29. The third-order valence-corrected chi connectivity index (χ3v) is 5.19. The second-order valence-corrected chi connectivity index (χ2v) is 7.74. The summed E-state index contributed by atoms with van der Waals surface area (Å²) in [4.78, 5) is 21.3. The van der Waals surface area contributed by atoms with E-state index in [-0.39, 0.29) is 41.6 Å². The zero-order valence-electron chi connectivity index (χ0n) is 17.5. The lowest BCUT2D eigenvalue weighted by atomic mass is 9.89. The lowest BCUT2D eigenvalue weighted by molar-refractivity contribution is -0.137. The number of amides is 1. The maximum atomic E-state index is 12.7.